The molecule has 0 spiro atoms. The summed E-state index contributed by atoms with van der Waals surface area (Å²) in [6.07, 6.45) is 4.69. The van der Waals surface area contributed by atoms with E-state index in [1.165, 1.54) is 27.9 Å². The summed E-state index contributed by atoms with van der Waals surface area (Å²) in [5.41, 5.74) is 1.21. The second-order valence-corrected chi connectivity index (χ2v) is 9.08. The standard InChI is InChI=1S/C27H25F2N3O4/c1-16(2)17-7-3-4-8-18(17)23-19-9-10-20(28)22(29)26(19)36-14-6-5-12-30-15-32(23)31-13-11-21(33)25(34)24(31)27(30)35/h3-11,13,16,23,34H,12,14-15H2,1-2H3/b6-5-/t23-/m0/s1. The van der Waals surface area contributed by atoms with Crippen LogP contribution in [0, 0.1) is 11.6 Å². The van der Waals surface area contributed by atoms with Crippen molar-refractivity contribution in [1.29, 1.82) is 0 Å². The molecule has 0 saturated heterocycles. The normalized spacial score (nSPS) is 18.2. The molecule has 36 heavy (non-hydrogen) atoms. The minimum atomic E-state index is -1.11. The number of benzene rings is 2. The fourth-order valence-electron chi connectivity index (χ4n) is 4.82. The number of fused-ring (bicyclic) bond motifs is 5. The Kier molecular flexibility index (Phi) is 5.99. The number of carbonyl (C=O) groups is 1. The summed E-state index contributed by atoms with van der Waals surface area (Å²) in [5.74, 6) is -3.50. The Morgan fingerprint density at radius 2 is 1.81 bits per heavy atom. The minimum Gasteiger partial charge on any atom is -0.502 e. The molecule has 2 aromatic carbocycles. The van der Waals surface area contributed by atoms with E-state index in [1.807, 2.05) is 38.1 Å². The Bertz CT molecular complexity index is 1430. The van der Waals surface area contributed by atoms with Gasteiger partial charge in [-0.3, -0.25) is 19.3 Å². The van der Waals surface area contributed by atoms with Gasteiger partial charge < -0.3 is 14.7 Å². The van der Waals surface area contributed by atoms with Crippen molar-refractivity contribution in [2.45, 2.75) is 25.8 Å². The highest BCUT2D eigenvalue weighted by Gasteiger charge is 2.38. The number of nitrogens with zero attached hydrogens (tertiary/aromatic N) is 3. The number of ether oxygens (including phenoxy) is 1. The van der Waals surface area contributed by atoms with Gasteiger partial charge in [-0.1, -0.05) is 44.2 Å². The average molecular weight is 494 g/mol. The van der Waals surface area contributed by atoms with Gasteiger partial charge in [0.25, 0.3) is 5.91 Å². The summed E-state index contributed by atoms with van der Waals surface area (Å²) < 4.78 is 36.7. The first-order valence-corrected chi connectivity index (χ1v) is 11.6. The van der Waals surface area contributed by atoms with Crippen LogP contribution in [0.2, 0.25) is 0 Å². The quantitative estimate of drug-likeness (QED) is 0.546. The summed E-state index contributed by atoms with van der Waals surface area (Å²) in [5, 5.41) is 12.4. The van der Waals surface area contributed by atoms with Gasteiger partial charge in [-0.2, -0.15) is 4.39 Å². The summed E-state index contributed by atoms with van der Waals surface area (Å²) in [4.78, 5) is 27.1. The van der Waals surface area contributed by atoms with Crippen LogP contribution in [0.4, 0.5) is 8.78 Å². The maximum absolute atomic E-state index is 15.2. The van der Waals surface area contributed by atoms with Crippen LogP contribution in [0.5, 0.6) is 11.5 Å². The molecule has 2 aliphatic rings. The molecular formula is C27H25F2N3O4. The first-order chi connectivity index (χ1) is 17.3. The van der Waals surface area contributed by atoms with E-state index in [-0.39, 0.29) is 37.2 Å². The van der Waals surface area contributed by atoms with Crippen LogP contribution in [0.25, 0.3) is 0 Å². The molecule has 1 atom stereocenters. The third kappa shape index (κ3) is 3.80. The minimum absolute atomic E-state index is 0.0377. The molecule has 9 heteroatoms. The molecule has 0 unspecified atom stereocenters. The monoisotopic (exact) mass is 493 g/mol. The fraction of sp³-hybridized carbons (Fsp3) is 0.259. The Morgan fingerprint density at radius 1 is 1.03 bits per heavy atom. The summed E-state index contributed by atoms with van der Waals surface area (Å²) in [6, 6.07) is 10.5. The maximum atomic E-state index is 15.2. The van der Waals surface area contributed by atoms with Gasteiger partial charge in [0.2, 0.25) is 11.2 Å². The number of hydrogen-bond donors (Lipinski definition) is 1. The van der Waals surface area contributed by atoms with Crippen molar-refractivity contribution in [2.75, 3.05) is 24.8 Å². The van der Waals surface area contributed by atoms with Crippen LogP contribution in [0.15, 0.2) is 65.6 Å². The highest BCUT2D eigenvalue weighted by Crippen LogP contribution is 2.41. The van der Waals surface area contributed by atoms with E-state index in [0.29, 0.717) is 5.56 Å². The van der Waals surface area contributed by atoms with Crippen LogP contribution in [0.1, 0.15) is 53.0 Å². The van der Waals surface area contributed by atoms with Gasteiger partial charge in [0.1, 0.15) is 19.3 Å². The molecule has 5 rings (SSSR count). The van der Waals surface area contributed by atoms with Crippen molar-refractivity contribution < 1.29 is 23.4 Å². The summed E-state index contributed by atoms with van der Waals surface area (Å²) in [7, 11) is 0. The number of rotatable bonds is 2. The van der Waals surface area contributed by atoms with E-state index in [4.69, 9.17) is 4.74 Å². The molecule has 186 valence electrons. The number of carbonyl (C=O) groups excluding carboxylic acids is 1. The molecule has 2 aliphatic heterocycles. The zero-order chi connectivity index (χ0) is 25.6. The number of pyridine rings is 1. The molecule has 1 N–H and O–H groups in total. The first kappa shape index (κ1) is 23.6. The van der Waals surface area contributed by atoms with Crippen LogP contribution in [-0.2, 0) is 0 Å². The van der Waals surface area contributed by atoms with Crippen molar-refractivity contribution in [3.8, 4) is 11.5 Å². The van der Waals surface area contributed by atoms with Crippen molar-refractivity contribution in [3.63, 3.8) is 0 Å². The van der Waals surface area contributed by atoms with Crippen LogP contribution < -0.4 is 15.2 Å². The highest BCUT2D eigenvalue weighted by atomic mass is 19.2. The van der Waals surface area contributed by atoms with Gasteiger partial charge in [-0.25, -0.2) is 4.39 Å². The van der Waals surface area contributed by atoms with E-state index in [1.54, 1.807) is 17.2 Å². The molecular weight excluding hydrogens is 468 g/mol. The Balaban J connectivity index is 1.87. The predicted molar refractivity (Wildman–Crippen MR) is 130 cm³/mol. The van der Waals surface area contributed by atoms with Gasteiger partial charge in [-0.15, -0.1) is 0 Å². The maximum Gasteiger partial charge on any atom is 0.278 e. The lowest BCUT2D eigenvalue weighted by molar-refractivity contribution is 0.0701. The molecule has 1 aromatic heterocycles. The first-order valence-electron chi connectivity index (χ1n) is 11.6. The second-order valence-electron chi connectivity index (χ2n) is 9.08. The number of hydrogen-bond acceptors (Lipinski definition) is 5. The molecule has 7 nitrogen and oxygen atoms in total. The molecule has 0 fully saturated rings. The molecule has 1 amide bonds. The van der Waals surface area contributed by atoms with E-state index in [0.717, 1.165) is 17.2 Å². The highest BCUT2D eigenvalue weighted by molar-refractivity contribution is 5.96. The topological polar surface area (TPSA) is 75.0 Å². The van der Waals surface area contributed by atoms with Gasteiger partial charge in [0.05, 0.1) is 0 Å². The predicted octanol–water partition coefficient (Wildman–Crippen LogP) is 4.05. The van der Waals surface area contributed by atoms with Gasteiger partial charge in [-0.05, 0) is 35.3 Å². The largest absolute Gasteiger partial charge is 0.502 e. The SMILES string of the molecule is CC(C)c1ccccc1[C@H]1c2ccc(F)c(F)c2OC/C=C\CN2CN1n1ccc(=O)c(O)c1C2=O. The number of halogens is 2. The lowest BCUT2D eigenvalue weighted by atomic mass is 9.88. The van der Waals surface area contributed by atoms with Gasteiger partial charge in [0, 0.05) is 24.4 Å². The third-order valence-corrected chi connectivity index (χ3v) is 6.54. The number of aromatic hydroxyl groups is 1. The van der Waals surface area contributed by atoms with E-state index < -0.39 is 34.8 Å². The smallest absolute Gasteiger partial charge is 0.278 e. The Morgan fingerprint density at radius 3 is 2.58 bits per heavy atom. The van der Waals surface area contributed by atoms with Crippen molar-refractivity contribution in [1.82, 2.24) is 9.58 Å². The van der Waals surface area contributed by atoms with E-state index in [9.17, 15) is 19.1 Å². The molecule has 3 heterocycles. The average Bonchev–Trinajstić information content (AvgIpc) is 2.89. The molecule has 3 aromatic rings. The number of amides is 1. The molecule has 0 saturated carbocycles. The lowest BCUT2D eigenvalue weighted by Crippen LogP contribution is -2.55. The zero-order valence-corrected chi connectivity index (χ0v) is 19.8. The fourth-order valence-corrected chi connectivity index (χ4v) is 4.82. The second kappa shape index (κ2) is 9.14. The van der Waals surface area contributed by atoms with Crippen LogP contribution >= 0.6 is 0 Å². The summed E-state index contributed by atoms with van der Waals surface area (Å²) in [6.45, 7) is 4.23. The Hall–Kier alpha value is -4.14. The number of aromatic nitrogens is 1. The van der Waals surface area contributed by atoms with Gasteiger partial charge in [0.15, 0.2) is 23.0 Å². The van der Waals surface area contributed by atoms with Gasteiger partial charge >= 0.3 is 0 Å². The third-order valence-electron chi connectivity index (χ3n) is 6.54. The van der Waals surface area contributed by atoms with Crippen molar-refractivity contribution in [3.05, 3.63) is 105 Å². The molecule has 0 aliphatic carbocycles. The zero-order valence-electron chi connectivity index (χ0n) is 19.8. The molecule has 2 bridgehead atoms. The lowest BCUT2D eigenvalue weighted by Gasteiger charge is -2.44. The summed E-state index contributed by atoms with van der Waals surface area (Å²) >= 11 is 0. The van der Waals surface area contributed by atoms with Crippen molar-refractivity contribution in [2.24, 2.45) is 0 Å². The van der Waals surface area contributed by atoms with E-state index >= 15 is 4.39 Å². The molecule has 0 radical (unpaired) electrons. The van der Waals surface area contributed by atoms with E-state index in [2.05, 4.69) is 0 Å². The van der Waals surface area contributed by atoms with Crippen molar-refractivity contribution >= 4 is 5.91 Å². The van der Waals surface area contributed by atoms with Crippen LogP contribution in [-0.4, -0.2) is 40.4 Å². The Labute approximate surface area is 206 Å². The van der Waals surface area contributed by atoms with Crippen LogP contribution in [0.3, 0.4) is 0 Å².